The second kappa shape index (κ2) is 9.04. The molecule has 1 amide bonds. The van der Waals surface area contributed by atoms with E-state index in [0.29, 0.717) is 6.61 Å². The maximum Gasteiger partial charge on any atom is 0.244 e. The molecule has 0 aliphatic carbocycles. The van der Waals surface area contributed by atoms with E-state index in [4.69, 9.17) is 4.74 Å². The van der Waals surface area contributed by atoms with Crippen LogP contribution in [0.25, 0.3) is 6.08 Å². The highest BCUT2D eigenvalue weighted by atomic mass is 16.5. The van der Waals surface area contributed by atoms with Gasteiger partial charge in [0.15, 0.2) is 0 Å². The molecule has 130 valence electrons. The van der Waals surface area contributed by atoms with Crippen LogP contribution in [0.1, 0.15) is 24.0 Å². The van der Waals surface area contributed by atoms with Crippen molar-refractivity contribution in [2.75, 3.05) is 13.1 Å². The summed E-state index contributed by atoms with van der Waals surface area (Å²) in [5.74, 6) is 0.788. The lowest BCUT2D eigenvalue weighted by atomic mass is 10.1. The zero-order chi connectivity index (χ0) is 17.3. The molecule has 1 saturated heterocycles. The summed E-state index contributed by atoms with van der Waals surface area (Å²) in [6, 6.07) is 18.1. The standard InChI is InChI=1S/C21H24N2O2/c24-21(23-19-12-14-22-15-13-19)11-8-17-6-9-20(10-7-17)25-16-18-4-2-1-3-5-18/h1-11,19,22H,12-16H2,(H,23,24)/b11-8+. The smallest absolute Gasteiger partial charge is 0.244 e. The van der Waals surface area contributed by atoms with E-state index in [0.717, 1.165) is 42.8 Å². The van der Waals surface area contributed by atoms with Crippen LogP contribution in [0, 0.1) is 0 Å². The summed E-state index contributed by atoms with van der Waals surface area (Å²) in [6.07, 6.45) is 5.42. The number of nitrogens with one attached hydrogen (secondary N) is 2. The van der Waals surface area contributed by atoms with E-state index < -0.39 is 0 Å². The number of rotatable bonds is 6. The van der Waals surface area contributed by atoms with Crippen molar-refractivity contribution >= 4 is 12.0 Å². The van der Waals surface area contributed by atoms with Crippen LogP contribution in [-0.4, -0.2) is 25.0 Å². The molecule has 1 aliphatic rings. The molecule has 0 aromatic heterocycles. The van der Waals surface area contributed by atoms with Crippen molar-refractivity contribution in [3.63, 3.8) is 0 Å². The first kappa shape index (κ1) is 17.2. The third-order valence-corrected chi connectivity index (χ3v) is 4.24. The minimum absolute atomic E-state index is 0.0312. The molecule has 4 heteroatoms. The molecule has 0 saturated carbocycles. The molecule has 0 radical (unpaired) electrons. The average Bonchev–Trinajstić information content (AvgIpc) is 2.67. The zero-order valence-electron chi connectivity index (χ0n) is 14.3. The monoisotopic (exact) mass is 336 g/mol. The first-order valence-corrected chi connectivity index (χ1v) is 8.76. The highest BCUT2D eigenvalue weighted by Crippen LogP contribution is 2.15. The number of carbonyl (C=O) groups excluding carboxylic acids is 1. The highest BCUT2D eigenvalue weighted by molar-refractivity contribution is 5.91. The van der Waals surface area contributed by atoms with Crippen molar-refractivity contribution < 1.29 is 9.53 Å². The Kier molecular flexibility index (Phi) is 6.23. The van der Waals surface area contributed by atoms with Gasteiger partial charge in [-0.25, -0.2) is 0 Å². The van der Waals surface area contributed by atoms with Gasteiger partial charge >= 0.3 is 0 Å². The van der Waals surface area contributed by atoms with Crippen molar-refractivity contribution in [3.8, 4) is 5.75 Å². The number of hydrogen-bond acceptors (Lipinski definition) is 3. The summed E-state index contributed by atoms with van der Waals surface area (Å²) in [4.78, 5) is 12.0. The van der Waals surface area contributed by atoms with Crippen LogP contribution in [-0.2, 0) is 11.4 Å². The Labute approximate surface area is 148 Å². The fraction of sp³-hybridized carbons (Fsp3) is 0.286. The largest absolute Gasteiger partial charge is 0.489 e. The van der Waals surface area contributed by atoms with Crippen molar-refractivity contribution in [1.29, 1.82) is 0 Å². The van der Waals surface area contributed by atoms with E-state index in [9.17, 15) is 4.79 Å². The minimum Gasteiger partial charge on any atom is -0.489 e. The van der Waals surface area contributed by atoms with Gasteiger partial charge in [-0.3, -0.25) is 4.79 Å². The molecule has 1 heterocycles. The van der Waals surface area contributed by atoms with Crippen molar-refractivity contribution in [3.05, 3.63) is 71.8 Å². The Morgan fingerprint density at radius 3 is 2.52 bits per heavy atom. The molecule has 2 N–H and O–H groups in total. The molecule has 0 unspecified atom stereocenters. The lowest BCUT2D eigenvalue weighted by Crippen LogP contribution is -2.42. The van der Waals surface area contributed by atoms with E-state index in [-0.39, 0.29) is 11.9 Å². The SMILES string of the molecule is O=C(/C=C/c1ccc(OCc2ccccc2)cc1)NC1CCNCC1. The quantitative estimate of drug-likeness (QED) is 0.797. The number of ether oxygens (including phenoxy) is 1. The predicted octanol–water partition coefficient (Wildman–Crippen LogP) is 3.15. The maximum absolute atomic E-state index is 12.0. The van der Waals surface area contributed by atoms with Crippen LogP contribution in [0.4, 0.5) is 0 Å². The molecular weight excluding hydrogens is 312 g/mol. The summed E-state index contributed by atoms with van der Waals surface area (Å²) >= 11 is 0. The summed E-state index contributed by atoms with van der Waals surface area (Å²) in [5.41, 5.74) is 2.12. The Balaban J connectivity index is 1.47. The number of piperidine rings is 1. The van der Waals surface area contributed by atoms with Gasteiger partial charge in [-0.1, -0.05) is 42.5 Å². The fourth-order valence-corrected chi connectivity index (χ4v) is 2.80. The van der Waals surface area contributed by atoms with E-state index in [1.165, 1.54) is 0 Å². The topological polar surface area (TPSA) is 50.4 Å². The van der Waals surface area contributed by atoms with Crippen molar-refractivity contribution in [1.82, 2.24) is 10.6 Å². The number of amides is 1. The normalized spacial score (nSPS) is 15.2. The van der Waals surface area contributed by atoms with E-state index in [1.807, 2.05) is 60.7 Å². The number of carbonyl (C=O) groups is 1. The van der Waals surface area contributed by atoms with Crippen LogP contribution in [0.3, 0.4) is 0 Å². The predicted molar refractivity (Wildman–Crippen MR) is 100 cm³/mol. The molecule has 0 spiro atoms. The zero-order valence-corrected chi connectivity index (χ0v) is 14.3. The van der Waals surface area contributed by atoms with Crippen molar-refractivity contribution in [2.45, 2.75) is 25.5 Å². The molecule has 1 aliphatic heterocycles. The summed E-state index contributed by atoms with van der Waals surface area (Å²) in [7, 11) is 0. The Morgan fingerprint density at radius 2 is 1.80 bits per heavy atom. The first-order valence-electron chi connectivity index (χ1n) is 8.76. The summed E-state index contributed by atoms with van der Waals surface area (Å²) in [6.45, 7) is 2.49. The fourth-order valence-electron chi connectivity index (χ4n) is 2.80. The van der Waals surface area contributed by atoms with E-state index in [2.05, 4.69) is 10.6 Å². The molecule has 4 nitrogen and oxygen atoms in total. The third-order valence-electron chi connectivity index (χ3n) is 4.24. The first-order chi connectivity index (χ1) is 12.3. The second-order valence-corrected chi connectivity index (χ2v) is 6.21. The van der Waals surface area contributed by atoms with Gasteiger partial charge in [0.2, 0.25) is 5.91 Å². The summed E-state index contributed by atoms with van der Waals surface area (Å²) in [5, 5.41) is 6.34. The van der Waals surface area contributed by atoms with Gasteiger partial charge in [-0.15, -0.1) is 0 Å². The summed E-state index contributed by atoms with van der Waals surface area (Å²) < 4.78 is 5.76. The second-order valence-electron chi connectivity index (χ2n) is 6.21. The van der Waals surface area contributed by atoms with Crippen LogP contribution in [0.5, 0.6) is 5.75 Å². The average molecular weight is 336 g/mol. The van der Waals surface area contributed by atoms with Gasteiger partial charge in [-0.2, -0.15) is 0 Å². The highest BCUT2D eigenvalue weighted by Gasteiger charge is 2.13. The Hall–Kier alpha value is -2.59. The van der Waals surface area contributed by atoms with Gasteiger partial charge < -0.3 is 15.4 Å². The van der Waals surface area contributed by atoms with Gasteiger partial charge in [0, 0.05) is 12.1 Å². The van der Waals surface area contributed by atoms with Crippen molar-refractivity contribution in [2.24, 2.45) is 0 Å². The van der Waals surface area contributed by atoms with Gasteiger partial charge in [0.1, 0.15) is 12.4 Å². The number of hydrogen-bond donors (Lipinski definition) is 2. The van der Waals surface area contributed by atoms with Crippen LogP contribution in [0.2, 0.25) is 0 Å². The van der Waals surface area contributed by atoms with Gasteiger partial charge in [0.25, 0.3) is 0 Å². The maximum atomic E-state index is 12.0. The Bertz CT molecular complexity index is 690. The molecular formula is C21H24N2O2. The van der Waals surface area contributed by atoms with E-state index >= 15 is 0 Å². The van der Waals surface area contributed by atoms with Crippen LogP contribution in [0.15, 0.2) is 60.7 Å². The van der Waals surface area contributed by atoms with Crippen LogP contribution >= 0.6 is 0 Å². The molecule has 3 rings (SSSR count). The molecule has 0 atom stereocenters. The molecule has 1 fully saturated rings. The molecule has 2 aromatic rings. The molecule has 2 aromatic carbocycles. The lowest BCUT2D eigenvalue weighted by Gasteiger charge is -2.22. The molecule has 25 heavy (non-hydrogen) atoms. The minimum atomic E-state index is -0.0312. The lowest BCUT2D eigenvalue weighted by molar-refractivity contribution is -0.117. The van der Waals surface area contributed by atoms with Gasteiger partial charge in [0.05, 0.1) is 0 Å². The Morgan fingerprint density at radius 1 is 1.08 bits per heavy atom. The third kappa shape index (κ3) is 5.76. The van der Waals surface area contributed by atoms with Gasteiger partial charge in [-0.05, 0) is 55.3 Å². The number of benzene rings is 2. The van der Waals surface area contributed by atoms with E-state index in [1.54, 1.807) is 6.08 Å². The van der Waals surface area contributed by atoms with Crippen LogP contribution < -0.4 is 15.4 Å². The molecule has 0 bridgehead atoms.